The summed E-state index contributed by atoms with van der Waals surface area (Å²) in [6.07, 6.45) is 7.63. The van der Waals surface area contributed by atoms with Gasteiger partial charge in [-0.2, -0.15) is 0 Å². The smallest absolute Gasteiger partial charge is 0.222 e. The molecule has 5 heteroatoms. The first-order chi connectivity index (χ1) is 11.2. The average Bonchev–Trinajstić information content (AvgIpc) is 2.61. The molecule has 0 bridgehead atoms. The second-order valence-corrected chi connectivity index (χ2v) is 7.14. The van der Waals surface area contributed by atoms with Crippen molar-refractivity contribution in [1.29, 1.82) is 0 Å². The predicted octanol–water partition coefficient (Wildman–Crippen LogP) is 1.56. The molecule has 0 aromatic carbocycles. The average molecular weight is 325 g/mol. The Morgan fingerprint density at radius 1 is 1.00 bits per heavy atom. The Labute approximate surface area is 141 Å². The van der Waals surface area contributed by atoms with Gasteiger partial charge in [0.15, 0.2) is 0 Å². The van der Waals surface area contributed by atoms with Crippen LogP contribution in [0.5, 0.6) is 0 Å². The highest BCUT2D eigenvalue weighted by Gasteiger charge is 2.22. The van der Waals surface area contributed by atoms with Gasteiger partial charge in [0, 0.05) is 45.2 Å². The zero-order valence-electron chi connectivity index (χ0n) is 14.9. The molecule has 0 aromatic heterocycles. The van der Waals surface area contributed by atoms with Crippen LogP contribution >= 0.6 is 0 Å². The largest absolute Gasteiger partial charge is 0.396 e. The molecule has 0 unspecified atom stereocenters. The SMILES string of the molecule is C[C@@H](CCC(=O)N1CCN(CCCCO)CC1)N1CCCCC1. The lowest BCUT2D eigenvalue weighted by Crippen LogP contribution is -2.49. The number of amides is 1. The lowest BCUT2D eigenvalue weighted by Gasteiger charge is -2.36. The summed E-state index contributed by atoms with van der Waals surface area (Å²) in [6, 6.07) is 0.541. The molecule has 0 saturated carbocycles. The maximum Gasteiger partial charge on any atom is 0.222 e. The van der Waals surface area contributed by atoms with Crippen LogP contribution in [0.3, 0.4) is 0 Å². The molecule has 2 aliphatic heterocycles. The minimum absolute atomic E-state index is 0.285. The van der Waals surface area contributed by atoms with Crippen molar-refractivity contribution < 1.29 is 9.90 Å². The molecule has 0 aromatic rings. The van der Waals surface area contributed by atoms with Gasteiger partial charge in [0.25, 0.3) is 0 Å². The normalized spacial score (nSPS) is 22.3. The number of likely N-dealkylation sites (tertiary alicyclic amines) is 1. The molecule has 2 heterocycles. The third-order valence-corrected chi connectivity index (χ3v) is 5.40. The van der Waals surface area contributed by atoms with Crippen molar-refractivity contribution in [1.82, 2.24) is 14.7 Å². The number of aliphatic hydroxyl groups excluding tert-OH is 1. The Balaban J connectivity index is 1.61. The zero-order chi connectivity index (χ0) is 16.5. The topological polar surface area (TPSA) is 47.0 Å². The molecular weight excluding hydrogens is 290 g/mol. The summed E-state index contributed by atoms with van der Waals surface area (Å²) in [5.74, 6) is 0.337. The van der Waals surface area contributed by atoms with Gasteiger partial charge in [0.05, 0.1) is 0 Å². The van der Waals surface area contributed by atoms with Crippen LogP contribution in [-0.4, -0.2) is 84.2 Å². The summed E-state index contributed by atoms with van der Waals surface area (Å²) in [7, 11) is 0. The summed E-state index contributed by atoms with van der Waals surface area (Å²) in [5.41, 5.74) is 0. The summed E-state index contributed by atoms with van der Waals surface area (Å²) in [6.45, 7) is 9.74. The minimum atomic E-state index is 0.285. The monoisotopic (exact) mass is 325 g/mol. The fourth-order valence-electron chi connectivity index (χ4n) is 3.70. The number of hydrogen-bond donors (Lipinski definition) is 1. The highest BCUT2D eigenvalue weighted by molar-refractivity contribution is 5.76. The summed E-state index contributed by atoms with van der Waals surface area (Å²) >= 11 is 0. The van der Waals surface area contributed by atoms with Crippen LogP contribution in [0, 0.1) is 0 Å². The fourth-order valence-corrected chi connectivity index (χ4v) is 3.70. The van der Waals surface area contributed by atoms with E-state index in [1.54, 1.807) is 0 Å². The van der Waals surface area contributed by atoms with Crippen molar-refractivity contribution >= 4 is 5.91 Å². The Bertz CT molecular complexity index is 337. The third-order valence-electron chi connectivity index (χ3n) is 5.40. The minimum Gasteiger partial charge on any atom is -0.396 e. The number of aliphatic hydroxyl groups is 1. The van der Waals surface area contributed by atoms with E-state index in [1.165, 1.54) is 32.4 Å². The number of carbonyl (C=O) groups excluding carboxylic acids is 1. The summed E-state index contributed by atoms with van der Waals surface area (Å²) in [5, 5.41) is 8.83. The van der Waals surface area contributed by atoms with Crippen LogP contribution in [-0.2, 0) is 4.79 Å². The van der Waals surface area contributed by atoms with E-state index in [1.807, 2.05) is 4.90 Å². The quantitative estimate of drug-likeness (QED) is 0.688. The molecule has 0 aliphatic carbocycles. The van der Waals surface area contributed by atoms with E-state index in [-0.39, 0.29) is 6.61 Å². The number of rotatable bonds is 8. The maximum atomic E-state index is 12.4. The first-order valence-corrected chi connectivity index (χ1v) is 9.55. The Morgan fingerprint density at radius 2 is 1.70 bits per heavy atom. The zero-order valence-corrected chi connectivity index (χ0v) is 14.9. The second kappa shape index (κ2) is 10.3. The predicted molar refractivity (Wildman–Crippen MR) is 93.5 cm³/mol. The van der Waals surface area contributed by atoms with E-state index in [0.29, 0.717) is 18.4 Å². The van der Waals surface area contributed by atoms with Gasteiger partial charge in [0.1, 0.15) is 0 Å². The van der Waals surface area contributed by atoms with Gasteiger partial charge < -0.3 is 14.9 Å². The maximum absolute atomic E-state index is 12.4. The first kappa shape index (κ1) is 18.7. The number of unbranched alkanes of at least 4 members (excludes halogenated alkanes) is 1. The van der Waals surface area contributed by atoms with Gasteiger partial charge in [-0.25, -0.2) is 0 Å². The van der Waals surface area contributed by atoms with E-state index in [0.717, 1.165) is 52.0 Å². The van der Waals surface area contributed by atoms with Crippen LogP contribution in [0.1, 0.15) is 51.9 Å². The van der Waals surface area contributed by atoms with Gasteiger partial charge in [0.2, 0.25) is 5.91 Å². The number of hydrogen-bond acceptors (Lipinski definition) is 4. The molecule has 0 spiro atoms. The summed E-state index contributed by atoms with van der Waals surface area (Å²) < 4.78 is 0. The van der Waals surface area contributed by atoms with Crippen LogP contribution in [0.2, 0.25) is 0 Å². The number of piperidine rings is 1. The molecule has 2 saturated heterocycles. The van der Waals surface area contributed by atoms with Crippen LogP contribution in [0.4, 0.5) is 0 Å². The molecule has 5 nitrogen and oxygen atoms in total. The Hall–Kier alpha value is -0.650. The Kier molecular flexibility index (Phi) is 8.34. The molecule has 23 heavy (non-hydrogen) atoms. The molecule has 1 N–H and O–H groups in total. The number of piperazine rings is 1. The van der Waals surface area contributed by atoms with Gasteiger partial charge in [-0.15, -0.1) is 0 Å². The van der Waals surface area contributed by atoms with E-state index < -0.39 is 0 Å². The fraction of sp³-hybridized carbons (Fsp3) is 0.944. The highest BCUT2D eigenvalue weighted by Crippen LogP contribution is 2.16. The van der Waals surface area contributed by atoms with Crippen LogP contribution < -0.4 is 0 Å². The van der Waals surface area contributed by atoms with Crippen molar-refractivity contribution in [3.05, 3.63) is 0 Å². The number of carbonyl (C=O) groups is 1. The third kappa shape index (κ3) is 6.40. The lowest BCUT2D eigenvalue weighted by molar-refractivity contribution is -0.133. The van der Waals surface area contributed by atoms with Crippen molar-refractivity contribution in [3.8, 4) is 0 Å². The molecule has 2 fully saturated rings. The molecule has 134 valence electrons. The number of nitrogens with zero attached hydrogens (tertiary/aromatic N) is 3. The second-order valence-electron chi connectivity index (χ2n) is 7.14. The van der Waals surface area contributed by atoms with E-state index in [9.17, 15) is 4.79 Å². The van der Waals surface area contributed by atoms with Crippen molar-refractivity contribution in [3.63, 3.8) is 0 Å². The molecule has 2 rings (SSSR count). The van der Waals surface area contributed by atoms with Crippen molar-refractivity contribution in [2.24, 2.45) is 0 Å². The molecule has 1 amide bonds. The van der Waals surface area contributed by atoms with E-state index in [2.05, 4.69) is 16.7 Å². The standard InChI is InChI=1S/C18H35N3O2/c1-17(20-10-3-2-4-11-20)7-8-18(23)21-14-12-19(13-15-21)9-5-6-16-22/h17,22H,2-16H2,1H3/t17-/m0/s1. The van der Waals surface area contributed by atoms with Gasteiger partial charge >= 0.3 is 0 Å². The Morgan fingerprint density at radius 3 is 2.35 bits per heavy atom. The van der Waals surface area contributed by atoms with Gasteiger partial charge in [-0.05, 0) is 58.7 Å². The highest BCUT2D eigenvalue weighted by atomic mass is 16.2. The first-order valence-electron chi connectivity index (χ1n) is 9.55. The van der Waals surface area contributed by atoms with E-state index >= 15 is 0 Å². The van der Waals surface area contributed by atoms with Gasteiger partial charge in [-0.3, -0.25) is 9.69 Å². The molecule has 2 aliphatic rings. The van der Waals surface area contributed by atoms with Crippen LogP contribution in [0.25, 0.3) is 0 Å². The van der Waals surface area contributed by atoms with Crippen molar-refractivity contribution in [2.75, 3.05) is 52.4 Å². The van der Waals surface area contributed by atoms with Crippen LogP contribution in [0.15, 0.2) is 0 Å². The van der Waals surface area contributed by atoms with Crippen molar-refractivity contribution in [2.45, 2.75) is 57.9 Å². The van der Waals surface area contributed by atoms with Gasteiger partial charge in [-0.1, -0.05) is 6.42 Å². The lowest BCUT2D eigenvalue weighted by atomic mass is 10.1. The molecule has 0 radical (unpaired) electrons. The molecule has 1 atom stereocenters. The van der Waals surface area contributed by atoms with E-state index in [4.69, 9.17) is 5.11 Å². The summed E-state index contributed by atoms with van der Waals surface area (Å²) in [4.78, 5) is 19.4. The molecular formula is C18H35N3O2.